The first-order valence-electron chi connectivity index (χ1n) is 5.66. The average Bonchev–Trinajstić information content (AvgIpc) is 2.75. The number of rotatable bonds is 2. The lowest BCUT2D eigenvalue weighted by atomic mass is 9.96. The van der Waals surface area contributed by atoms with Crippen molar-refractivity contribution in [1.29, 1.82) is 0 Å². The zero-order valence-corrected chi connectivity index (χ0v) is 11.3. The molecule has 0 spiro atoms. The number of ether oxygens (including phenoxy) is 1. The SMILES string of the molecule is Cc1cc(C(O)C2CCCO2)c(C)cc1Br. The fourth-order valence-corrected chi connectivity index (χ4v) is 2.63. The highest BCUT2D eigenvalue weighted by Crippen LogP contribution is 2.31. The second-order valence-electron chi connectivity index (χ2n) is 4.45. The van der Waals surface area contributed by atoms with Crippen LogP contribution < -0.4 is 0 Å². The van der Waals surface area contributed by atoms with Crippen molar-refractivity contribution < 1.29 is 9.84 Å². The number of hydrogen-bond acceptors (Lipinski definition) is 2. The molecular weight excluding hydrogens is 268 g/mol. The van der Waals surface area contributed by atoms with Gasteiger partial charge in [-0.15, -0.1) is 0 Å². The first kappa shape index (κ1) is 12.1. The Morgan fingerprint density at radius 2 is 2.12 bits per heavy atom. The normalized spacial score (nSPS) is 22.4. The third-order valence-corrected chi connectivity index (χ3v) is 4.04. The first-order chi connectivity index (χ1) is 7.59. The van der Waals surface area contributed by atoms with Gasteiger partial charge in [0.1, 0.15) is 6.10 Å². The Hall–Kier alpha value is -0.380. The molecule has 16 heavy (non-hydrogen) atoms. The van der Waals surface area contributed by atoms with E-state index in [9.17, 15) is 5.11 Å². The maximum Gasteiger partial charge on any atom is 0.105 e. The van der Waals surface area contributed by atoms with E-state index < -0.39 is 6.10 Å². The van der Waals surface area contributed by atoms with Crippen molar-refractivity contribution in [2.45, 2.75) is 38.9 Å². The summed E-state index contributed by atoms with van der Waals surface area (Å²) in [4.78, 5) is 0. The number of aryl methyl sites for hydroxylation is 2. The Labute approximate surface area is 105 Å². The Bertz CT molecular complexity index is 384. The van der Waals surface area contributed by atoms with Gasteiger partial charge in [-0.3, -0.25) is 0 Å². The second-order valence-corrected chi connectivity index (χ2v) is 5.31. The van der Waals surface area contributed by atoms with Crippen LogP contribution in [0.3, 0.4) is 0 Å². The van der Waals surface area contributed by atoms with Gasteiger partial charge in [0.05, 0.1) is 6.10 Å². The molecule has 1 N–H and O–H groups in total. The third-order valence-electron chi connectivity index (χ3n) is 3.18. The third kappa shape index (κ3) is 2.31. The smallest absolute Gasteiger partial charge is 0.105 e. The van der Waals surface area contributed by atoms with E-state index in [1.807, 2.05) is 19.9 Å². The summed E-state index contributed by atoms with van der Waals surface area (Å²) in [6.07, 6.45) is 1.49. The molecule has 1 aliphatic rings. The zero-order chi connectivity index (χ0) is 11.7. The Kier molecular flexibility index (Phi) is 3.67. The fraction of sp³-hybridized carbons (Fsp3) is 0.538. The van der Waals surface area contributed by atoms with E-state index in [1.165, 1.54) is 0 Å². The van der Waals surface area contributed by atoms with E-state index in [1.54, 1.807) is 0 Å². The van der Waals surface area contributed by atoms with E-state index in [0.717, 1.165) is 40.6 Å². The standard InChI is InChI=1S/C13H17BrO2/c1-8-7-11(14)9(2)6-10(8)13(15)12-4-3-5-16-12/h6-7,12-13,15H,3-5H2,1-2H3. The van der Waals surface area contributed by atoms with Crippen molar-refractivity contribution >= 4 is 15.9 Å². The Balaban J connectivity index is 2.28. The van der Waals surface area contributed by atoms with E-state index in [0.29, 0.717) is 0 Å². The lowest BCUT2D eigenvalue weighted by molar-refractivity contribution is -0.00291. The van der Waals surface area contributed by atoms with Gasteiger partial charge in [0.15, 0.2) is 0 Å². The second kappa shape index (κ2) is 4.86. The van der Waals surface area contributed by atoms with Crippen LogP contribution in [-0.4, -0.2) is 17.8 Å². The fourth-order valence-electron chi connectivity index (χ4n) is 2.17. The maximum absolute atomic E-state index is 10.3. The van der Waals surface area contributed by atoms with Crippen LogP contribution in [0.4, 0.5) is 0 Å². The summed E-state index contributed by atoms with van der Waals surface area (Å²) in [5.41, 5.74) is 3.26. The van der Waals surface area contributed by atoms with Gasteiger partial charge in [-0.05, 0) is 49.4 Å². The largest absolute Gasteiger partial charge is 0.386 e. The van der Waals surface area contributed by atoms with Gasteiger partial charge in [0, 0.05) is 11.1 Å². The number of aliphatic hydroxyl groups is 1. The lowest BCUT2D eigenvalue weighted by Crippen LogP contribution is -2.18. The predicted molar refractivity (Wildman–Crippen MR) is 67.5 cm³/mol. The molecule has 1 heterocycles. The lowest BCUT2D eigenvalue weighted by Gasteiger charge is -2.20. The van der Waals surface area contributed by atoms with Crippen molar-refractivity contribution in [3.05, 3.63) is 33.3 Å². The van der Waals surface area contributed by atoms with Crippen molar-refractivity contribution in [1.82, 2.24) is 0 Å². The zero-order valence-electron chi connectivity index (χ0n) is 9.66. The van der Waals surface area contributed by atoms with Gasteiger partial charge in [-0.1, -0.05) is 22.0 Å². The van der Waals surface area contributed by atoms with Gasteiger partial charge < -0.3 is 9.84 Å². The summed E-state index contributed by atoms with van der Waals surface area (Å²) < 4.78 is 6.62. The highest BCUT2D eigenvalue weighted by atomic mass is 79.9. The van der Waals surface area contributed by atoms with Gasteiger partial charge >= 0.3 is 0 Å². The van der Waals surface area contributed by atoms with E-state index >= 15 is 0 Å². The minimum atomic E-state index is -0.491. The summed E-state index contributed by atoms with van der Waals surface area (Å²) in [6.45, 7) is 4.84. The summed E-state index contributed by atoms with van der Waals surface area (Å²) >= 11 is 3.50. The van der Waals surface area contributed by atoms with Gasteiger partial charge in [0.25, 0.3) is 0 Å². The molecule has 1 aromatic rings. The average molecular weight is 285 g/mol. The topological polar surface area (TPSA) is 29.5 Å². The highest BCUT2D eigenvalue weighted by Gasteiger charge is 2.26. The minimum absolute atomic E-state index is 0.0284. The molecule has 3 heteroatoms. The molecule has 0 bridgehead atoms. The van der Waals surface area contributed by atoms with Crippen LogP contribution in [0.2, 0.25) is 0 Å². The summed E-state index contributed by atoms with van der Waals surface area (Å²) in [5, 5.41) is 10.3. The van der Waals surface area contributed by atoms with Crippen LogP contribution in [-0.2, 0) is 4.74 Å². The van der Waals surface area contributed by atoms with Crippen LogP contribution in [0.1, 0.15) is 35.6 Å². The highest BCUT2D eigenvalue weighted by molar-refractivity contribution is 9.10. The summed E-state index contributed by atoms with van der Waals surface area (Å²) in [5.74, 6) is 0. The Morgan fingerprint density at radius 3 is 2.75 bits per heavy atom. The molecular formula is C13H17BrO2. The van der Waals surface area contributed by atoms with Crippen LogP contribution in [0.15, 0.2) is 16.6 Å². The summed E-state index contributed by atoms with van der Waals surface area (Å²) in [6, 6.07) is 4.11. The maximum atomic E-state index is 10.3. The summed E-state index contributed by atoms with van der Waals surface area (Å²) in [7, 11) is 0. The van der Waals surface area contributed by atoms with E-state index in [2.05, 4.69) is 22.0 Å². The van der Waals surface area contributed by atoms with E-state index in [-0.39, 0.29) is 6.10 Å². The van der Waals surface area contributed by atoms with E-state index in [4.69, 9.17) is 4.74 Å². The molecule has 88 valence electrons. The molecule has 2 rings (SSSR count). The molecule has 0 aliphatic carbocycles. The molecule has 2 unspecified atom stereocenters. The van der Waals surface area contributed by atoms with Crippen molar-refractivity contribution in [3.8, 4) is 0 Å². The van der Waals surface area contributed by atoms with Crippen LogP contribution in [0, 0.1) is 13.8 Å². The molecule has 0 aromatic heterocycles. The van der Waals surface area contributed by atoms with Crippen molar-refractivity contribution in [3.63, 3.8) is 0 Å². The monoisotopic (exact) mass is 284 g/mol. The molecule has 0 amide bonds. The molecule has 1 fully saturated rings. The van der Waals surface area contributed by atoms with Crippen LogP contribution in [0.5, 0.6) is 0 Å². The van der Waals surface area contributed by atoms with Crippen molar-refractivity contribution in [2.75, 3.05) is 6.61 Å². The molecule has 0 radical (unpaired) electrons. The first-order valence-corrected chi connectivity index (χ1v) is 6.45. The molecule has 2 nitrogen and oxygen atoms in total. The van der Waals surface area contributed by atoms with Crippen LogP contribution in [0.25, 0.3) is 0 Å². The number of aliphatic hydroxyl groups excluding tert-OH is 1. The molecule has 1 aromatic carbocycles. The predicted octanol–water partition coefficient (Wildman–Crippen LogP) is 3.28. The number of hydrogen-bond donors (Lipinski definition) is 1. The minimum Gasteiger partial charge on any atom is -0.386 e. The number of benzene rings is 1. The molecule has 2 atom stereocenters. The quantitative estimate of drug-likeness (QED) is 0.903. The van der Waals surface area contributed by atoms with Gasteiger partial charge in [-0.2, -0.15) is 0 Å². The molecule has 1 saturated heterocycles. The van der Waals surface area contributed by atoms with Gasteiger partial charge in [0.2, 0.25) is 0 Å². The number of halogens is 1. The van der Waals surface area contributed by atoms with Crippen molar-refractivity contribution in [2.24, 2.45) is 0 Å². The molecule has 1 aliphatic heterocycles. The van der Waals surface area contributed by atoms with Crippen LogP contribution >= 0.6 is 15.9 Å². The molecule has 0 saturated carbocycles. The Morgan fingerprint density at radius 1 is 1.38 bits per heavy atom. The van der Waals surface area contributed by atoms with Gasteiger partial charge in [-0.25, -0.2) is 0 Å².